The lowest BCUT2D eigenvalue weighted by molar-refractivity contribution is 0.0750. The van der Waals surface area contributed by atoms with Crippen molar-refractivity contribution in [1.29, 1.82) is 0 Å². The zero-order chi connectivity index (χ0) is 23.6. The number of hydrogen-bond acceptors (Lipinski definition) is 2. The van der Waals surface area contributed by atoms with Gasteiger partial charge >= 0.3 is 0 Å². The highest BCUT2D eigenvalue weighted by Gasteiger charge is 2.20. The van der Waals surface area contributed by atoms with Crippen LogP contribution in [0, 0.1) is 0 Å². The first-order valence-electron chi connectivity index (χ1n) is 11.9. The van der Waals surface area contributed by atoms with E-state index in [2.05, 4.69) is 48.5 Å². The van der Waals surface area contributed by atoms with Crippen LogP contribution in [0.1, 0.15) is 45.8 Å². The average molecular weight is 450 g/mol. The van der Waals surface area contributed by atoms with Crippen molar-refractivity contribution in [2.75, 3.05) is 13.1 Å². The van der Waals surface area contributed by atoms with Crippen LogP contribution in [0.25, 0.3) is 0 Å². The van der Waals surface area contributed by atoms with Crippen LogP contribution in [-0.2, 0) is 6.42 Å². The molecule has 4 aromatic carbocycles. The predicted molar refractivity (Wildman–Crippen MR) is 138 cm³/mol. The number of amides is 1. The van der Waals surface area contributed by atoms with Gasteiger partial charge in [0.1, 0.15) is 5.75 Å². The van der Waals surface area contributed by atoms with Crippen LogP contribution >= 0.6 is 0 Å². The van der Waals surface area contributed by atoms with Crippen molar-refractivity contribution in [3.05, 3.63) is 138 Å². The Morgan fingerprint density at radius 2 is 1.21 bits per heavy atom. The summed E-state index contributed by atoms with van der Waals surface area (Å²) in [7, 11) is 0. The highest BCUT2D eigenvalue weighted by molar-refractivity contribution is 5.94. The molecule has 3 heteroatoms. The zero-order valence-electron chi connectivity index (χ0n) is 19.4. The molecule has 0 saturated carbocycles. The van der Waals surface area contributed by atoms with Gasteiger partial charge in [-0.25, -0.2) is 0 Å². The van der Waals surface area contributed by atoms with E-state index in [-0.39, 0.29) is 11.8 Å². The molecule has 0 aliphatic rings. The topological polar surface area (TPSA) is 40.5 Å². The third-order valence-corrected chi connectivity index (χ3v) is 6.27. The van der Waals surface area contributed by atoms with Crippen molar-refractivity contribution in [2.24, 2.45) is 0 Å². The summed E-state index contributed by atoms with van der Waals surface area (Å²) < 4.78 is 0. The SMILES string of the molecule is O=C(c1ccccc1)N(CCCc1ccccc1O)CCC(c1ccccc1)c1ccccc1. The van der Waals surface area contributed by atoms with Gasteiger partial charge in [-0.2, -0.15) is 0 Å². The molecule has 1 amide bonds. The molecule has 172 valence electrons. The Morgan fingerprint density at radius 1 is 0.676 bits per heavy atom. The molecule has 4 aromatic rings. The molecular formula is C31H31NO2. The van der Waals surface area contributed by atoms with Gasteiger partial charge in [-0.05, 0) is 54.2 Å². The number of aryl methyl sites for hydroxylation is 1. The number of para-hydroxylation sites is 1. The fourth-order valence-electron chi connectivity index (χ4n) is 4.44. The number of rotatable bonds is 10. The third kappa shape index (κ3) is 6.14. The van der Waals surface area contributed by atoms with E-state index in [1.54, 1.807) is 6.07 Å². The fourth-order valence-corrected chi connectivity index (χ4v) is 4.44. The molecule has 3 nitrogen and oxygen atoms in total. The predicted octanol–water partition coefficient (Wildman–Crippen LogP) is 6.69. The molecular weight excluding hydrogens is 418 g/mol. The first-order chi connectivity index (χ1) is 16.7. The summed E-state index contributed by atoms with van der Waals surface area (Å²) >= 11 is 0. The quantitative estimate of drug-likeness (QED) is 0.293. The van der Waals surface area contributed by atoms with E-state index in [0.717, 1.165) is 24.8 Å². The van der Waals surface area contributed by atoms with E-state index in [4.69, 9.17) is 0 Å². The standard InChI is InChI=1S/C31H31NO2/c33-30-21-11-10-17-27(30)20-12-23-32(31(34)28-18-8-3-9-19-28)24-22-29(25-13-4-1-5-14-25)26-15-6-2-7-16-26/h1-11,13-19,21,29,33H,12,20,22-24H2. The molecule has 0 atom stereocenters. The average Bonchev–Trinajstić information content (AvgIpc) is 2.90. The molecule has 0 aliphatic heterocycles. The number of nitrogens with zero attached hydrogens (tertiary/aromatic N) is 1. The summed E-state index contributed by atoms with van der Waals surface area (Å²) in [6.07, 6.45) is 2.35. The molecule has 0 aliphatic carbocycles. The molecule has 1 N–H and O–H groups in total. The molecule has 0 fully saturated rings. The third-order valence-electron chi connectivity index (χ3n) is 6.27. The Balaban J connectivity index is 1.51. The summed E-state index contributed by atoms with van der Waals surface area (Å²) in [5, 5.41) is 10.1. The summed E-state index contributed by atoms with van der Waals surface area (Å²) in [6, 6.07) is 38.0. The van der Waals surface area contributed by atoms with Gasteiger partial charge in [-0.3, -0.25) is 4.79 Å². The van der Waals surface area contributed by atoms with Crippen molar-refractivity contribution in [1.82, 2.24) is 4.90 Å². The number of phenols is 1. The van der Waals surface area contributed by atoms with Crippen molar-refractivity contribution in [3.63, 3.8) is 0 Å². The van der Waals surface area contributed by atoms with E-state index >= 15 is 0 Å². The zero-order valence-corrected chi connectivity index (χ0v) is 19.4. The molecule has 0 unspecified atom stereocenters. The van der Waals surface area contributed by atoms with Gasteiger partial charge in [0, 0.05) is 24.6 Å². The molecule has 0 bridgehead atoms. The van der Waals surface area contributed by atoms with Crippen LogP contribution in [0.5, 0.6) is 5.75 Å². The number of hydrogen-bond donors (Lipinski definition) is 1. The van der Waals surface area contributed by atoms with Gasteiger partial charge in [-0.1, -0.05) is 97.1 Å². The van der Waals surface area contributed by atoms with E-state index in [1.165, 1.54) is 11.1 Å². The van der Waals surface area contributed by atoms with Crippen LogP contribution in [-0.4, -0.2) is 29.0 Å². The smallest absolute Gasteiger partial charge is 0.253 e. The van der Waals surface area contributed by atoms with Crippen molar-refractivity contribution in [3.8, 4) is 5.75 Å². The van der Waals surface area contributed by atoms with E-state index in [1.807, 2.05) is 65.6 Å². The Hall–Kier alpha value is -3.85. The largest absolute Gasteiger partial charge is 0.508 e. The lowest BCUT2D eigenvalue weighted by Crippen LogP contribution is -2.34. The second kappa shape index (κ2) is 11.9. The maximum Gasteiger partial charge on any atom is 0.253 e. The van der Waals surface area contributed by atoms with Crippen molar-refractivity contribution < 1.29 is 9.90 Å². The van der Waals surface area contributed by atoms with E-state index < -0.39 is 0 Å². The minimum Gasteiger partial charge on any atom is -0.508 e. The number of carbonyl (C=O) groups excluding carboxylic acids is 1. The van der Waals surface area contributed by atoms with Crippen LogP contribution in [0.2, 0.25) is 0 Å². The summed E-state index contributed by atoms with van der Waals surface area (Å²) in [6.45, 7) is 1.29. The normalized spacial score (nSPS) is 10.9. The van der Waals surface area contributed by atoms with Gasteiger partial charge in [0.05, 0.1) is 0 Å². The second-order valence-corrected chi connectivity index (χ2v) is 8.55. The molecule has 0 heterocycles. The minimum absolute atomic E-state index is 0.0535. The number of benzene rings is 4. The summed E-state index contributed by atoms with van der Waals surface area (Å²) in [5.41, 5.74) is 4.15. The van der Waals surface area contributed by atoms with Gasteiger partial charge in [0.2, 0.25) is 0 Å². The number of aromatic hydroxyl groups is 1. The fraction of sp³-hybridized carbons (Fsp3) is 0.194. The highest BCUT2D eigenvalue weighted by atomic mass is 16.3. The van der Waals surface area contributed by atoms with Gasteiger partial charge in [0.15, 0.2) is 0 Å². The van der Waals surface area contributed by atoms with Crippen molar-refractivity contribution >= 4 is 5.91 Å². The number of phenolic OH excluding ortho intramolecular Hbond substituents is 1. The molecule has 0 radical (unpaired) electrons. The first-order valence-corrected chi connectivity index (χ1v) is 11.9. The molecule has 0 aromatic heterocycles. The minimum atomic E-state index is 0.0535. The van der Waals surface area contributed by atoms with Crippen LogP contribution in [0.3, 0.4) is 0 Å². The molecule has 0 spiro atoms. The lowest BCUT2D eigenvalue weighted by atomic mass is 9.88. The summed E-state index contributed by atoms with van der Waals surface area (Å²) in [4.78, 5) is 15.4. The van der Waals surface area contributed by atoms with E-state index in [0.29, 0.717) is 24.4 Å². The monoisotopic (exact) mass is 449 g/mol. The van der Waals surface area contributed by atoms with Crippen LogP contribution in [0.4, 0.5) is 0 Å². The second-order valence-electron chi connectivity index (χ2n) is 8.55. The molecule has 4 rings (SSSR count). The number of carbonyl (C=O) groups is 1. The van der Waals surface area contributed by atoms with E-state index in [9.17, 15) is 9.90 Å². The molecule has 34 heavy (non-hydrogen) atoms. The maximum atomic E-state index is 13.4. The first kappa shape index (κ1) is 23.3. The summed E-state index contributed by atoms with van der Waals surface area (Å²) in [5.74, 6) is 0.584. The lowest BCUT2D eigenvalue weighted by Gasteiger charge is -2.26. The Bertz CT molecular complexity index is 1120. The highest BCUT2D eigenvalue weighted by Crippen LogP contribution is 2.28. The Kier molecular flexibility index (Phi) is 8.13. The Morgan fingerprint density at radius 3 is 1.79 bits per heavy atom. The van der Waals surface area contributed by atoms with Crippen LogP contribution < -0.4 is 0 Å². The van der Waals surface area contributed by atoms with Gasteiger partial charge in [0.25, 0.3) is 5.91 Å². The molecule has 0 saturated heterocycles. The Labute approximate surface area is 202 Å². The van der Waals surface area contributed by atoms with Crippen molar-refractivity contribution in [2.45, 2.75) is 25.2 Å². The van der Waals surface area contributed by atoms with Gasteiger partial charge in [-0.15, -0.1) is 0 Å². The maximum absolute atomic E-state index is 13.4. The van der Waals surface area contributed by atoms with Gasteiger partial charge < -0.3 is 10.0 Å². The van der Waals surface area contributed by atoms with Crippen LogP contribution in [0.15, 0.2) is 115 Å².